The van der Waals surface area contributed by atoms with E-state index in [1.54, 1.807) is 0 Å². The average Bonchev–Trinajstić information content (AvgIpc) is 3.25. The molecule has 4 nitrogen and oxygen atoms in total. The highest BCUT2D eigenvalue weighted by Gasteiger charge is 2.34. The zero-order chi connectivity index (χ0) is 12.7. The summed E-state index contributed by atoms with van der Waals surface area (Å²) in [4.78, 5) is 12.6. The van der Waals surface area contributed by atoms with Crippen LogP contribution in [0.25, 0.3) is 0 Å². The molecular weight excluding hydrogens is 246 g/mol. The van der Waals surface area contributed by atoms with Crippen molar-refractivity contribution in [3.63, 3.8) is 0 Å². The van der Waals surface area contributed by atoms with E-state index >= 15 is 0 Å². The number of carbonyl (C=O) groups is 1. The van der Waals surface area contributed by atoms with Crippen LogP contribution in [-0.2, 0) is 0 Å². The second kappa shape index (κ2) is 4.29. The number of nitriles is 1. The standard InChI is InChI=1S/C13H15N3OS/c14-5-9-10(15)12(11(17)8-3-4-8)18-13(9)16-6-7-1-2-7/h7-8,16H,1-4,6,15H2. The summed E-state index contributed by atoms with van der Waals surface area (Å²) >= 11 is 1.35. The number of nitrogens with zero attached hydrogens (tertiary/aromatic N) is 1. The van der Waals surface area contributed by atoms with Crippen LogP contribution in [0.3, 0.4) is 0 Å². The minimum Gasteiger partial charge on any atom is -0.396 e. The Morgan fingerprint density at radius 1 is 1.44 bits per heavy atom. The smallest absolute Gasteiger partial charge is 0.178 e. The molecule has 3 rings (SSSR count). The first-order valence-corrected chi connectivity index (χ1v) is 7.12. The normalized spacial score (nSPS) is 18.4. The summed E-state index contributed by atoms with van der Waals surface area (Å²) in [7, 11) is 0. The van der Waals surface area contributed by atoms with Gasteiger partial charge in [-0.05, 0) is 31.6 Å². The second-order valence-electron chi connectivity index (χ2n) is 5.12. The van der Waals surface area contributed by atoms with Gasteiger partial charge in [0.05, 0.1) is 10.6 Å². The van der Waals surface area contributed by atoms with Crippen LogP contribution in [0.4, 0.5) is 10.7 Å². The molecule has 2 fully saturated rings. The third-order valence-electron chi connectivity index (χ3n) is 3.48. The summed E-state index contributed by atoms with van der Waals surface area (Å²) in [6, 6.07) is 2.11. The monoisotopic (exact) mass is 261 g/mol. The van der Waals surface area contributed by atoms with Crippen LogP contribution in [0.1, 0.15) is 40.9 Å². The van der Waals surface area contributed by atoms with Crippen molar-refractivity contribution >= 4 is 27.8 Å². The van der Waals surface area contributed by atoms with Gasteiger partial charge in [-0.3, -0.25) is 4.79 Å². The Labute approximate surface area is 110 Å². The number of hydrogen-bond acceptors (Lipinski definition) is 5. The first-order valence-electron chi connectivity index (χ1n) is 6.31. The molecule has 94 valence electrons. The maximum Gasteiger partial charge on any atom is 0.178 e. The summed E-state index contributed by atoms with van der Waals surface area (Å²) in [5.74, 6) is 0.990. The summed E-state index contributed by atoms with van der Waals surface area (Å²) in [6.07, 6.45) is 4.43. The molecule has 0 amide bonds. The van der Waals surface area contributed by atoms with Gasteiger partial charge in [0.2, 0.25) is 0 Å². The van der Waals surface area contributed by atoms with E-state index < -0.39 is 0 Å². The van der Waals surface area contributed by atoms with Crippen molar-refractivity contribution in [1.82, 2.24) is 0 Å². The van der Waals surface area contributed by atoms with Crippen molar-refractivity contribution in [2.75, 3.05) is 17.6 Å². The van der Waals surface area contributed by atoms with Crippen LogP contribution >= 0.6 is 11.3 Å². The number of ketones is 1. The highest BCUT2D eigenvalue weighted by Crippen LogP contribution is 2.42. The molecule has 0 radical (unpaired) electrons. The van der Waals surface area contributed by atoms with Crippen molar-refractivity contribution < 1.29 is 4.79 Å². The van der Waals surface area contributed by atoms with Crippen molar-refractivity contribution in [2.24, 2.45) is 11.8 Å². The van der Waals surface area contributed by atoms with E-state index in [1.165, 1.54) is 24.2 Å². The molecule has 1 heterocycles. The van der Waals surface area contributed by atoms with Crippen LogP contribution in [0.15, 0.2) is 0 Å². The van der Waals surface area contributed by atoms with E-state index in [9.17, 15) is 4.79 Å². The highest BCUT2D eigenvalue weighted by molar-refractivity contribution is 7.19. The Balaban J connectivity index is 1.85. The number of carbonyl (C=O) groups excluding carboxylic acids is 1. The predicted octanol–water partition coefficient (Wildman–Crippen LogP) is 2.62. The number of thiophene rings is 1. The summed E-state index contributed by atoms with van der Waals surface area (Å²) < 4.78 is 0. The molecule has 0 bridgehead atoms. The lowest BCUT2D eigenvalue weighted by Crippen LogP contribution is -2.03. The van der Waals surface area contributed by atoms with Crippen LogP contribution in [0.5, 0.6) is 0 Å². The largest absolute Gasteiger partial charge is 0.396 e. The number of hydrogen-bond donors (Lipinski definition) is 2. The Kier molecular flexibility index (Phi) is 2.75. The van der Waals surface area contributed by atoms with E-state index in [4.69, 9.17) is 11.0 Å². The van der Waals surface area contributed by atoms with Crippen molar-refractivity contribution in [3.05, 3.63) is 10.4 Å². The quantitative estimate of drug-likeness (QED) is 0.798. The van der Waals surface area contributed by atoms with E-state index in [0.29, 0.717) is 16.1 Å². The Bertz CT molecular complexity index is 535. The molecule has 2 aliphatic rings. The first kappa shape index (κ1) is 11.5. The second-order valence-corrected chi connectivity index (χ2v) is 6.14. The van der Waals surface area contributed by atoms with E-state index in [1.807, 2.05) is 0 Å². The Morgan fingerprint density at radius 3 is 2.72 bits per heavy atom. The van der Waals surface area contributed by atoms with Crippen LogP contribution in [0, 0.1) is 23.2 Å². The molecule has 2 aliphatic carbocycles. The Morgan fingerprint density at radius 2 is 2.17 bits per heavy atom. The molecule has 0 atom stereocenters. The predicted molar refractivity (Wildman–Crippen MR) is 71.7 cm³/mol. The molecular formula is C13H15N3OS. The first-order chi connectivity index (χ1) is 8.70. The minimum absolute atomic E-state index is 0.119. The van der Waals surface area contributed by atoms with Crippen molar-refractivity contribution in [2.45, 2.75) is 25.7 Å². The summed E-state index contributed by atoms with van der Waals surface area (Å²) in [5.41, 5.74) is 6.75. The Hall–Kier alpha value is -1.54. The van der Waals surface area contributed by atoms with Gasteiger partial charge < -0.3 is 11.1 Å². The van der Waals surface area contributed by atoms with Crippen LogP contribution in [0.2, 0.25) is 0 Å². The number of rotatable bonds is 5. The van der Waals surface area contributed by atoms with Gasteiger partial charge in [0.25, 0.3) is 0 Å². The number of nitrogens with one attached hydrogen (secondary N) is 1. The SMILES string of the molecule is N#Cc1c(NCC2CC2)sc(C(=O)C2CC2)c1N. The zero-order valence-corrected chi connectivity index (χ0v) is 10.8. The third-order valence-corrected chi connectivity index (χ3v) is 4.65. The minimum atomic E-state index is 0.119. The molecule has 1 aromatic heterocycles. The summed E-state index contributed by atoms with van der Waals surface area (Å²) in [6.45, 7) is 0.881. The van der Waals surface area contributed by atoms with E-state index in [-0.39, 0.29) is 11.7 Å². The fraction of sp³-hybridized carbons (Fsp3) is 0.538. The van der Waals surface area contributed by atoms with Gasteiger partial charge in [-0.2, -0.15) is 5.26 Å². The van der Waals surface area contributed by atoms with Crippen LogP contribution < -0.4 is 11.1 Å². The maximum absolute atomic E-state index is 12.1. The van der Waals surface area contributed by atoms with Crippen molar-refractivity contribution in [1.29, 1.82) is 5.26 Å². The number of nitrogen functional groups attached to an aromatic ring is 1. The maximum atomic E-state index is 12.1. The fourth-order valence-electron chi connectivity index (χ4n) is 1.95. The molecule has 0 unspecified atom stereocenters. The fourth-order valence-corrected chi connectivity index (χ4v) is 3.05. The lowest BCUT2D eigenvalue weighted by Gasteiger charge is -2.01. The van der Waals surface area contributed by atoms with E-state index in [2.05, 4.69) is 11.4 Å². The molecule has 18 heavy (non-hydrogen) atoms. The summed E-state index contributed by atoms with van der Waals surface area (Å²) in [5, 5.41) is 13.2. The molecule has 2 saturated carbocycles. The molecule has 1 aromatic rings. The lowest BCUT2D eigenvalue weighted by molar-refractivity contribution is 0.0972. The molecule has 0 aliphatic heterocycles. The topological polar surface area (TPSA) is 78.9 Å². The third kappa shape index (κ3) is 2.08. The number of Topliss-reactive ketones (excluding diaryl/α,β-unsaturated/α-hetero) is 1. The van der Waals surface area contributed by atoms with Crippen molar-refractivity contribution in [3.8, 4) is 6.07 Å². The molecule has 3 N–H and O–H groups in total. The van der Waals surface area contributed by atoms with Gasteiger partial charge in [-0.15, -0.1) is 11.3 Å². The van der Waals surface area contributed by atoms with Crippen LogP contribution in [-0.4, -0.2) is 12.3 Å². The van der Waals surface area contributed by atoms with Gasteiger partial charge in [-0.25, -0.2) is 0 Å². The molecule has 0 aromatic carbocycles. The molecule has 5 heteroatoms. The average molecular weight is 261 g/mol. The highest BCUT2D eigenvalue weighted by atomic mass is 32.1. The number of nitrogens with two attached hydrogens (primary N) is 1. The molecule has 0 saturated heterocycles. The van der Waals surface area contributed by atoms with Gasteiger partial charge in [0.1, 0.15) is 16.6 Å². The lowest BCUT2D eigenvalue weighted by atomic mass is 10.1. The van der Waals surface area contributed by atoms with Gasteiger partial charge in [-0.1, -0.05) is 0 Å². The zero-order valence-electron chi connectivity index (χ0n) is 10.0. The van der Waals surface area contributed by atoms with Gasteiger partial charge >= 0.3 is 0 Å². The van der Waals surface area contributed by atoms with Gasteiger partial charge in [0.15, 0.2) is 5.78 Å². The van der Waals surface area contributed by atoms with E-state index in [0.717, 1.165) is 30.3 Å². The van der Waals surface area contributed by atoms with Gasteiger partial charge in [0, 0.05) is 12.5 Å². The number of anilines is 2. The molecule has 0 spiro atoms.